The van der Waals surface area contributed by atoms with Gasteiger partial charge in [-0.3, -0.25) is 0 Å². The number of hydrogen-bond donors (Lipinski definition) is 1. The lowest BCUT2D eigenvalue weighted by Crippen LogP contribution is -1.97. The number of aryl methyl sites for hydroxylation is 1. The van der Waals surface area contributed by atoms with E-state index < -0.39 is 0 Å². The number of nitrogens with zero attached hydrogens (tertiary/aromatic N) is 2. The molecule has 0 aliphatic rings. The van der Waals surface area contributed by atoms with E-state index in [1.807, 2.05) is 43.4 Å². The fraction of sp³-hybridized carbons (Fsp3) is 0.188. The molecular formula is C16H17N3O. The van der Waals surface area contributed by atoms with Gasteiger partial charge in [0.1, 0.15) is 11.6 Å². The summed E-state index contributed by atoms with van der Waals surface area (Å²) in [5, 5.41) is 0. The zero-order valence-electron chi connectivity index (χ0n) is 11.6. The molecule has 20 heavy (non-hydrogen) atoms. The van der Waals surface area contributed by atoms with Gasteiger partial charge in [-0.25, -0.2) is 4.98 Å². The number of nitrogens with two attached hydrogens (primary N) is 1. The number of aromatic nitrogens is 2. The van der Waals surface area contributed by atoms with Crippen molar-refractivity contribution in [1.82, 2.24) is 9.55 Å². The quantitative estimate of drug-likeness (QED) is 0.793. The van der Waals surface area contributed by atoms with Crippen LogP contribution in [0.5, 0.6) is 5.75 Å². The van der Waals surface area contributed by atoms with Crippen LogP contribution in [-0.2, 0) is 13.6 Å². The molecule has 0 aliphatic heterocycles. The summed E-state index contributed by atoms with van der Waals surface area (Å²) in [6, 6.07) is 14.0. The Hall–Kier alpha value is -2.33. The first-order valence-electron chi connectivity index (χ1n) is 6.53. The Morgan fingerprint density at radius 3 is 2.80 bits per heavy atom. The molecule has 0 bridgehead atoms. The van der Waals surface area contributed by atoms with Gasteiger partial charge in [0.15, 0.2) is 0 Å². The maximum absolute atomic E-state index is 5.70. The number of fused-ring (bicyclic) bond motifs is 1. The summed E-state index contributed by atoms with van der Waals surface area (Å²) in [5.74, 6) is 1.75. The van der Waals surface area contributed by atoms with E-state index in [1.165, 1.54) is 0 Å². The van der Waals surface area contributed by atoms with Crippen LogP contribution < -0.4 is 10.5 Å². The molecular weight excluding hydrogens is 250 g/mol. The fourth-order valence-electron chi connectivity index (χ4n) is 2.38. The summed E-state index contributed by atoms with van der Waals surface area (Å²) in [5.41, 5.74) is 9.91. The molecule has 1 aromatic heterocycles. The van der Waals surface area contributed by atoms with Crippen molar-refractivity contribution in [2.24, 2.45) is 12.8 Å². The monoisotopic (exact) mass is 267 g/mol. The Bertz CT molecular complexity index is 762. The average Bonchev–Trinajstić information content (AvgIpc) is 2.84. The number of methoxy groups -OCH3 is 1. The lowest BCUT2D eigenvalue weighted by molar-refractivity contribution is 0.415. The van der Waals surface area contributed by atoms with Crippen molar-refractivity contribution in [1.29, 1.82) is 0 Å². The number of rotatable bonds is 3. The van der Waals surface area contributed by atoms with Crippen molar-refractivity contribution in [3.8, 4) is 17.1 Å². The highest BCUT2D eigenvalue weighted by Gasteiger charge is 2.10. The molecule has 0 radical (unpaired) electrons. The van der Waals surface area contributed by atoms with Crippen LogP contribution in [0, 0.1) is 0 Å². The van der Waals surface area contributed by atoms with Gasteiger partial charge in [0.2, 0.25) is 0 Å². The Morgan fingerprint density at radius 2 is 2.05 bits per heavy atom. The van der Waals surface area contributed by atoms with Crippen molar-refractivity contribution < 1.29 is 4.74 Å². The number of hydrogen-bond acceptors (Lipinski definition) is 3. The van der Waals surface area contributed by atoms with E-state index in [2.05, 4.69) is 10.6 Å². The van der Waals surface area contributed by atoms with Crippen LogP contribution in [0.25, 0.3) is 22.4 Å². The maximum Gasteiger partial charge on any atom is 0.140 e. The first-order valence-corrected chi connectivity index (χ1v) is 6.53. The SMILES string of the molecule is COc1cccc(-c2nc3ccc(CN)cc3n2C)c1. The van der Waals surface area contributed by atoms with Gasteiger partial charge < -0.3 is 15.0 Å². The van der Waals surface area contributed by atoms with Crippen LogP contribution in [0.2, 0.25) is 0 Å². The van der Waals surface area contributed by atoms with Crippen molar-refractivity contribution in [2.45, 2.75) is 6.54 Å². The normalized spacial score (nSPS) is 10.9. The van der Waals surface area contributed by atoms with Crippen LogP contribution in [-0.4, -0.2) is 16.7 Å². The summed E-state index contributed by atoms with van der Waals surface area (Å²) < 4.78 is 7.36. The molecule has 0 atom stereocenters. The van der Waals surface area contributed by atoms with E-state index in [4.69, 9.17) is 15.5 Å². The maximum atomic E-state index is 5.70. The molecule has 3 rings (SSSR count). The Balaban J connectivity index is 2.18. The predicted octanol–water partition coefficient (Wildman–Crippen LogP) is 2.71. The minimum atomic E-state index is 0.537. The molecule has 2 aromatic carbocycles. The van der Waals surface area contributed by atoms with Crippen molar-refractivity contribution in [2.75, 3.05) is 7.11 Å². The zero-order valence-corrected chi connectivity index (χ0v) is 11.6. The number of benzene rings is 2. The number of ether oxygens (including phenoxy) is 1. The van der Waals surface area contributed by atoms with Gasteiger partial charge in [0, 0.05) is 19.2 Å². The lowest BCUT2D eigenvalue weighted by Gasteiger charge is -2.05. The smallest absolute Gasteiger partial charge is 0.140 e. The highest BCUT2D eigenvalue weighted by atomic mass is 16.5. The average molecular weight is 267 g/mol. The Labute approximate surface area is 117 Å². The van der Waals surface area contributed by atoms with Crippen molar-refractivity contribution in [3.05, 3.63) is 48.0 Å². The second-order valence-corrected chi connectivity index (χ2v) is 4.75. The summed E-state index contributed by atoms with van der Waals surface area (Å²) >= 11 is 0. The third-order valence-corrected chi connectivity index (χ3v) is 3.51. The highest BCUT2D eigenvalue weighted by Crippen LogP contribution is 2.26. The van der Waals surface area contributed by atoms with Crippen LogP contribution in [0.4, 0.5) is 0 Å². The largest absolute Gasteiger partial charge is 0.497 e. The van der Waals surface area contributed by atoms with Crippen LogP contribution in [0.3, 0.4) is 0 Å². The van der Waals surface area contributed by atoms with Gasteiger partial charge in [-0.15, -0.1) is 0 Å². The van der Waals surface area contributed by atoms with E-state index in [0.29, 0.717) is 6.54 Å². The molecule has 0 saturated heterocycles. The van der Waals surface area contributed by atoms with Gasteiger partial charge >= 0.3 is 0 Å². The summed E-state index contributed by atoms with van der Waals surface area (Å²) in [7, 11) is 3.69. The molecule has 0 spiro atoms. The van der Waals surface area contributed by atoms with Gasteiger partial charge in [0.05, 0.1) is 18.1 Å². The van der Waals surface area contributed by atoms with Crippen LogP contribution in [0.15, 0.2) is 42.5 Å². The summed E-state index contributed by atoms with van der Waals surface area (Å²) in [6.45, 7) is 0.537. The summed E-state index contributed by atoms with van der Waals surface area (Å²) in [6.07, 6.45) is 0. The van der Waals surface area contributed by atoms with Gasteiger partial charge in [0.25, 0.3) is 0 Å². The standard InChI is InChI=1S/C16H17N3O/c1-19-15-8-11(10-17)6-7-14(15)18-16(19)12-4-3-5-13(9-12)20-2/h3-9H,10,17H2,1-2H3. The molecule has 1 heterocycles. The Morgan fingerprint density at radius 1 is 1.20 bits per heavy atom. The molecule has 3 aromatic rings. The zero-order chi connectivity index (χ0) is 14.1. The second kappa shape index (κ2) is 4.98. The molecule has 0 aliphatic carbocycles. The van der Waals surface area contributed by atoms with E-state index in [9.17, 15) is 0 Å². The molecule has 102 valence electrons. The second-order valence-electron chi connectivity index (χ2n) is 4.75. The minimum absolute atomic E-state index is 0.537. The van der Waals surface area contributed by atoms with E-state index >= 15 is 0 Å². The van der Waals surface area contributed by atoms with E-state index in [-0.39, 0.29) is 0 Å². The van der Waals surface area contributed by atoms with E-state index in [1.54, 1.807) is 7.11 Å². The molecule has 4 heteroatoms. The minimum Gasteiger partial charge on any atom is -0.497 e. The fourth-order valence-corrected chi connectivity index (χ4v) is 2.38. The molecule has 0 amide bonds. The molecule has 0 saturated carbocycles. The predicted molar refractivity (Wildman–Crippen MR) is 80.6 cm³/mol. The van der Waals surface area contributed by atoms with Crippen molar-refractivity contribution >= 4 is 11.0 Å². The van der Waals surface area contributed by atoms with Gasteiger partial charge in [-0.1, -0.05) is 18.2 Å². The molecule has 0 unspecified atom stereocenters. The third kappa shape index (κ3) is 2.04. The summed E-state index contributed by atoms with van der Waals surface area (Å²) in [4.78, 5) is 4.70. The highest BCUT2D eigenvalue weighted by molar-refractivity contribution is 5.81. The van der Waals surface area contributed by atoms with Gasteiger partial charge in [-0.2, -0.15) is 0 Å². The van der Waals surface area contributed by atoms with Crippen LogP contribution >= 0.6 is 0 Å². The topological polar surface area (TPSA) is 53.1 Å². The van der Waals surface area contributed by atoms with Crippen LogP contribution in [0.1, 0.15) is 5.56 Å². The van der Waals surface area contributed by atoms with Crippen molar-refractivity contribution in [3.63, 3.8) is 0 Å². The molecule has 4 nitrogen and oxygen atoms in total. The first kappa shape index (κ1) is 12.7. The third-order valence-electron chi connectivity index (χ3n) is 3.51. The molecule has 2 N–H and O–H groups in total. The van der Waals surface area contributed by atoms with Gasteiger partial charge in [-0.05, 0) is 29.8 Å². The number of imidazole rings is 1. The molecule has 0 fully saturated rings. The Kier molecular flexibility index (Phi) is 3.16. The van der Waals surface area contributed by atoms with E-state index in [0.717, 1.165) is 33.7 Å². The first-order chi connectivity index (χ1) is 9.72. The lowest BCUT2D eigenvalue weighted by atomic mass is 10.2.